The molecule has 1 N–H and O–H groups in total. The number of aryl methyl sites for hydroxylation is 1. The Morgan fingerprint density at radius 2 is 1.73 bits per heavy atom. The summed E-state index contributed by atoms with van der Waals surface area (Å²) in [4.78, 5) is 36.3. The van der Waals surface area contributed by atoms with E-state index in [0.29, 0.717) is 17.1 Å². The fourth-order valence-electron chi connectivity index (χ4n) is 2.44. The molecule has 2 aromatic carbocycles. The molecule has 0 bridgehead atoms. The van der Waals surface area contributed by atoms with Crippen LogP contribution in [0.5, 0.6) is 0 Å². The highest BCUT2D eigenvalue weighted by atomic mass is 16.5. The molecule has 1 aromatic heterocycles. The van der Waals surface area contributed by atoms with E-state index in [-0.39, 0.29) is 6.54 Å². The number of ether oxygens (including phenoxy) is 2. The molecule has 0 atom stereocenters. The first-order valence-electron chi connectivity index (χ1n) is 8.93. The van der Waals surface area contributed by atoms with Crippen molar-refractivity contribution >= 4 is 23.5 Å². The number of carbonyl (C=O) groups is 3. The lowest BCUT2D eigenvalue weighted by molar-refractivity contribution is -0.148. The number of esters is 2. The monoisotopic (exact) mass is 409 g/mol. The number of nitrogens with one attached hydrogen (secondary N) is 1. The smallest absolute Gasteiger partial charge is 0.337 e. The molecule has 154 valence electrons. The van der Waals surface area contributed by atoms with Crippen LogP contribution in [0.3, 0.4) is 0 Å². The molecule has 0 aliphatic rings. The SMILES string of the molecule is COC(=O)c1ccc(NC(=O)COC(=O)Cn2nnc(-c3ccc(C)cc3)n2)cc1. The van der Waals surface area contributed by atoms with Gasteiger partial charge in [0.15, 0.2) is 13.2 Å². The lowest BCUT2D eigenvalue weighted by atomic mass is 10.1. The van der Waals surface area contributed by atoms with Crippen molar-refractivity contribution in [2.75, 3.05) is 19.0 Å². The number of benzene rings is 2. The van der Waals surface area contributed by atoms with Gasteiger partial charge < -0.3 is 14.8 Å². The molecule has 10 nitrogen and oxygen atoms in total. The summed E-state index contributed by atoms with van der Waals surface area (Å²) in [7, 11) is 1.28. The Bertz CT molecular complexity index is 1040. The molecule has 0 spiro atoms. The van der Waals surface area contributed by atoms with E-state index in [0.717, 1.165) is 15.9 Å². The molecule has 0 fully saturated rings. The molecular weight excluding hydrogens is 390 g/mol. The van der Waals surface area contributed by atoms with Gasteiger partial charge in [-0.2, -0.15) is 4.80 Å². The summed E-state index contributed by atoms with van der Waals surface area (Å²) in [6.07, 6.45) is 0. The second-order valence-corrected chi connectivity index (χ2v) is 6.29. The largest absolute Gasteiger partial charge is 0.465 e. The Labute approximate surface area is 171 Å². The zero-order valence-corrected chi connectivity index (χ0v) is 16.4. The molecule has 1 amide bonds. The number of amides is 1. The van der Waals surface area contributed by atoms with E-state index in [1.54, 1.807) is 0 Å². The minimum Gasteiger partial charge on any atom is -0.465 e. The molecular formula is C20H19N5O5. The summed E-state index contributed by atoms with van der Waals surface area (Å²) in [5.74, 6) is -1.30. The summed E-state index contributed by atoms with van der Waals surface area (Å²) in [5, 5.41) is 14.4. The van der Waals surface area contributed by atoms with Crippen molar-refractivity contribution in [1.82, 2.24) is 20.2 Å². The third kappa shape index (κ3) is 5.47. The Kier molecular flexibility index (Phi) is 6.48. The maximum absolute atomic E-state index is 11.9. The van der Waals surface area contributed by atoms with Gasteiger partial charge in [-0.1, -0.05) is 29.8 Å². The lowest BCUT2D eigenvalue weighted by Gasteiger charge is -2.07. The maximum Gasteiger partial charge on any atom is 0.337 e. The normalized spacial score (nSPS) is 10.3. The number of carbonyl (C=O) groups excluding carboxylic acids is 3. The highest BCUT2D eigenvalue weighted by molar-refractivity contribution is 5.94. The van der Waals surface area contributed by atoms with Crippen LogP contribution >= 0.6 is 0 Å². The molecule has 0 unspecified atom stereocenters. The van der Waals surface area contributed by atoms with Crippen molar-refractivity contribution < 1.29 is 23.9 Å². The third-order valence-electron chi connectivity index (χ3n) is 3.99. The van der Waals surface area contributed by atoms with Crippen molar-refractivity contribution in [3.05, 3.63) is 59.7 Å². The van der Waals surface area contributed by atoms with Crippen LogP contribution in [0.1, 0.15) is 15.9 Å². The van der Waals surface area contributed by atoms with E-state index >= 15 is 0 Å². The quantitative estimate of drug-likeness (QED) is 0.584. The van der Waals surface area contributed by atoms with Gasteiger partial charge in [-0.25, -0.2) is 9.59 Å². The molecule has 3 rings (SSSR count). The molecule has 10 heteroatoms. The number of anilines is 1. The second-order valence-electron chi connectivity index (χ2n) is 6.29. The summed E-state index contributed by atoms with van der Waals surface area (Å²) < 4.78 is 9.54. The van der Waals surface area contributed by atoms with Gasteiger partial charge in [0.25, 0.3) is 5.91 Å². The number of hydrogen-bond donors (Lipinski definition) is 1. The van der Waals surface area contributed by atoms with Crippen molar-refractivity contribution in [2.24, 2.45) is 0 Å². The molecule has 0 saturated carbocycles. The number of nitrogens with zero attached hydrogens (tertiary/aromatic N) is 4. The second kappa shape index (κ2) is 9.41. The Balaban J connectivity index is 1.47. The molecule has 30 heavy (non-hydrogen) atoms. The lowest BCUT2D eigenvalue weighted by Crippen LogP contribution is -2.23. The van der Waals surface area contributed by atoms with Gasteiger partial charge >= 0.3 is 11.9 Å². The minimum absolute atomic E-state index is 0.278. The molecule has 3 aromatic rings. The van der Waals surface area contributed by atoms with E-state index in [1.807, 2.05) is 31.2 Å². The molecule has 0 radical (unpaired) electrons. The van der Waals surface area contributed by atoms with Crippen LogP contribution in [-0.2, 0) is 25.6 Å². The minimum atomic E-state index is -0.681. The highest BCUT2D eigenvalue weighted by Gasteiger charge is 2.12. The van der Waals surface area contributed by atoms with E-state index in [2.05, 4.69) is 25.5 Å². The van der Waals surface area contributed by atoms with Crippen molar-refractivity contribution in [1.29, 1.82) is 0 Å². The first-order valence-corrected chi connectivity index (χ1v) is 8.93. The third-order valence-corrected chi connectivity index (χ3v) is 3.99. The van der Waals surface area contributed by atoms with Crippen molar-refractivity contribution in [2.45, 2.75) is 13.5 Å². The number of methoxy groups -OCH3 is 1. The zero-order valence-electron chi connectivity index (χ0n) is 16.4. The number of rotatable bonds is 7. The summed E-state index contributed by atoms with van der Waals surface area (Å²) in [5.41, 5.74) is 2.68. The molecule has 0 aliphatic carbocycles. The standard InChI is InChI=1S/C20H19N5O5/c1-13-3-5-14(6-4-13)19-22-24-25(23-19)11-18(27)30-12-17(26)21-16-9-7-15(8-10-16)20(28)29-2/h3-10H,11-12H2,1-2H3,(H,21,26). The van der Waals surface area contributed by atoms with Crippen LogP contribution in [0.25, 0.3) is 11.4 Å². The van der Waals surface area contributed by atoms with Gasteiger partial charge in [-0.15, -0.1) is 10.2 Å². The van der Waals surface area contributed by atoms with E-state index in [1.165, 1.54) is 31.4 Å². The van der Waals surface area contributed by atoms with Gasteiger partial charge in [0.1, 0.15) is 0 Å². The fraction of sp³-hybridized carbons (Fsp3) is 0.200. The van der Waals surface area contributed by atoms with Crippen LogP contribution in [0.4, 0.5) is 5.69 Å². The predicted octanol–water partition coefficient (Wildman–Crippen LogP) is 1.62. The summed E-state index contributed by atoms with van der Waals surface area (Å²) in [6.45, 7) is 1.22. The van der Waals surface area contributed by atoms with Crippen LogP contribution in [0, 0.1) is 6.92 Å². The Morgan fingerprint density at radius 3 is 2.40 bits per heavy atom. The first-order chi connectivity index (χ1) is 14.4. The van der Waals surface area contributed by atoms with Crippen LogP contribution in [0.2, 0.25) is 0 Å². The molecule has 0 aliphatic heterocycles. The van der Waals surface area contributed by atoms with E-state index < -0.39 is 24.5 Å². The van der Waals surface area contributed by atoms with Gasteiger partial charge in [0.05, 0.1) is 12.7 Å². The molecule has 1 heterocycles. The fourth-order valence-corrected chi connectivity index (χ4v) is 2.44. The van der Waals surface area contributed by atoms with Crippen molar-refractivity contribution in [3.8, 4) is 11.4 Å². The highest BCUT2D eigenvalue weighted by Crippen LogP contribution is 2.14. The van der Waals surface area contributed by atoms with Crippen molar-refractivity contribution in [3.63, 3.8) is 0 Å². The van der Waals surface area contributed by atoms with Gasteiger partial charge in [-0.05, 0) is 36.4 Å². The Morgan fingerprint density at radius 1 is 1.03 bits per heavy atom. The predicted molar refractivity (Wildman–Crippen MR) is 105 cm³/mol. The summed E-state index contributed by atoms with van der Waals surface area (Å²) in [6, 6.07) is 13.7. The average molecular weight is 409 g/mol. The van der Waals surface area contributed by atoms with Gasteiger partial charge in [0, 0.05) is 11.3 Å². The number of aromatic nitrogens is 4. The topological polar surface area (TPSA) is 125 Å². The average Bonchev–Trinajstić information content (AvgIpc) is 3.21. The van der Waals surface area contributed by atoms with Crippen LogP contribution < -0.4 is 5.32 Å². The zero-order chi connectivity index (χ0) is 21.5. The number of tetrazole rings is 1. The van der Waals surface area contributed by atoms with E-state index in [9.17, 15) is 14.4 Å². The molecule has 0 saturated heterocycles. The van der Waals surface area contributed by atoms with Gasteiger partial charge in [-0.3, -0.25) is 4.79 Å². The first kappa shape index (κ1) is 20.6. The Hall–Kier alpha value is -4.08. The number of hydrogen-bond acceptors (Lipinski definition) is 8. The maximum atomic E-state index is 11.9. The van der Waals surface area contributed by atoms with Crippen LogP contribution in [-0.4, -0.2) is 51.8 Å². The van der Waals surface area contributed by atoms with Crippen LogP contribution in [0.15, 0.2) is 48.5 Å². The van der Waals surface area contributed by atoms with Gasteiger partial charge in [0.2, 0.25) is 5.82 Å². The summed E-state index contributed by atoms with van der Waals surface area (Å²) >= 11 is 0. The van der Waals surface area contributed by atoms with E-state index in [4.69, 9.17) is 4.74 Å².